The third kappa shape index (κ3) is 7.53. The largest absolute Gasteiger partial charge is 0.493 e. The first-order valence-electron chi connectivity index (χ1n) is 12.0. The molecule has 4 aromatic carbocycles. The topological polar surface area (TPSA) is 118 Å². The van der Waals surface area contributed by atoms with Gasteiger partial charge in [-0.05, 0) is 53.6 Å². The predicted molar refractivity (Wildman–Crippen MR) is 149 cm³/mol. The zero-order chi connectivity index (χ0) is 27.5. The Morgan fingerprint density at radius 1 is 0.769 bits per heavy atom. The minimum absolute atomic E-state index is 0.186. The number of ether oxygens (including phenoxy) is 2. The van der Waals surface area contributed by atoms with Crippen molar-refractivity contribution in [2.75, 3.05) is 17.7 Å². The lowest BCUT2D eigenvalue weighted by Crippen LogP contribution is -2.33. The number of amides is 3. The molecule has 0 spiro atoms. The number of hydrogen-bond acceptors (Lipinski definition) is 6. The van der Waals surface area contributed by atoms with E-state index >= 15 is 0 Å². The molecule has 0 radical (unpaired) electrons. The highest BCUT2D eigenvalue weighted by molar-refractivity contribution is 6.40. The van der Waals surface area contributed by atoms with E-state index in [4.69, 9.17) is 9.47 Å². The van der Waals surface area contributed by atoms with Gasteiger partial charge in [-0.25, -0.2) is 5.43 Å². The van der Waals surface area contributed by atoms with Gasteiger partial charge in [0.2, 0.25) is 0 Å². The van der Waals surface area contributed by atoms with Gasteiger partial charge in [0.1, 0.15) is 6.61 Å². The molecule has 0 aliphatic rings. The van der Waals surface area contributed by atoms with Gasteiger partial charge in [-0.3, -0.25) is 14.4 Å². The van der Waals surface area contributed by atoms with Crippen molar-refractivity contribution in [3.63, 3.8) is 0 Å². The Morgan fingerprint density at radius 3 is 2.21 bits per heavy atom. The third-order valence-corrected chi connectivity index (χ3v) is 5.46. The van der Waals surface area contributed by atoms with Gasteiger partial charge in [0, 0.05) is 5.69 Å². The molecular weight excluding hydrogens is 496 g/mol. The van der Waals surface area contributed by atoms with Crippen molar-refractivity contribution in [2.45, 2.75) is 6.61 Å². The second kappa shape index (κ2) is 13.2. The van der Waals surface area contributed by atoms with Crippen molar-refractivity contribution in [3.8, 4) is 11.5 Å². The number of hydrogen-bond donors (Lipinski definition) is 3. The van der Waals surface area contributed by atoms with Gasteiger partial charge in [0.15, 0.2) is 11.5 Å². The van der Waals surface area contributed by atoms with Crippen LogP contribution in [0.5, 0.6) is 11.5 Å². The Kier molecular flexibility index (Phi) is 9.01. The average molecular weight is 523 g/mol. The molecule has 9 nitrogen and oxygen atoms in total. The van der Waals surface area contributed by atoms with E-state index < -0.39 is 17.7 Å². The molecule has 196 valence electrons. The highest BCUT2D eigenvalue weighted by atomic mass is 16.5. The summed E-state index contributed by atoms with van der Waals surface area (Å²) in [7, 11) is 1.52. The minimum atomic E-state index is -1.00. The Balaban J connectivity index is 1.34. The SMILES string of the molecule is COc1cc(/C=N/NC(=O)C(=O)Nc2ccccc2C(=O)Nc2ccccc2)ccc1OCc1ccccc1. The number of para-hydroxylation sites is 2. The van der Waals surface area contributed by atoms with Crippen molar-refractivity contribution in [3.05, 3.63) is 120 Å². The molecule has 3 amide bonds. The normalized spacial score (nSPS) is 10.5. The number of rotatable bonds is 9. The summed E-state index contributed by atoms with van der Waals surface area (Å²) in [5.41, 5.74) is 4.80. The van der Waals surface area contributed by atoms with Crippen LogP contribution in [0.3, 0.4) is 0 Å². The van der Waals surface area contributed by atoms with E-state index in [9.17, 15) is 14.4 Å². The van der Waals surface area contributed by atoms with Gasteiger partial charge in [0.05, 0.1) is 24.6 Å². The Hall–Kier alpha value is -5.44. The molecule has 0 aromatic heterocycles. The Labute approximate surface area is 225 Å². The molecule has 0 saturated carbocycles. The molecule has 4 aromatic rings. The van der Waals surface area contributed by atoms with Crippen molar-refractivity contribution in [2.24, 2.45) is 5.10 Å². The molecule has 0 aliphatic carbocycles. The molecule has 9 heteroatoms. The van der Waals surface area contributed by atoms with Gasteiger partial charge in [-0.1, -0.05) is 60.7 Å². The number of carbonyl (C=O) groups is 3. The second-order valence-electron chi connectivity index (χ2n) is 8.20. The molecule has 0 fully saturated rings. The number of benzene rings is 4. The summed E-state index contributed by atoms with van der Waals surface area (Å²) in [4.78, 5) is 37.5. The molecule has 4 rings (SSSR count). The lowest BCUT2D eigenvalue weighted by Gasteiger charge is -2.11. The smallest absolute Gasteiger partial charge is 0.329 e. The Bertz CT molecular complexity index is 1470. The summed E-state index contributed by atoms with van der Waals surface area (Å²) in [6.45, 7) is 0.382. The van der Waals surface area contributed by atoms with Crippen LogP contribution in [0, 0.1) is 0 Å². The van der Waals surface area contributed by atoms with Crippen LogP contribution in [-0.2, 0) is 16.2 Å². The van der Waals surface area contributed by atoms with Crippen LogP contribution in [-0.4, -0.2) is 31.0 Å². The second-order valence-corrected chi connectivity index (χ2v) is 8.20. The van der Waals surface area contributed by atoms with E-state index in [1.807, 2.05) is 36.4 Å². The minimum Gasteiger partial charge on any atom is -0.493 e. The number of anilines is 2. The number of carbonyl (C=O) groups excluding carboxylic acids is 3. The lowest BCUT2D eigenvalue weighted by molar-refractivity contribution is -0.136. The zero-order valence-electron chi connectivity index (χ0n) is 21.1. The zero-order valence-corrected chi connectivity index (χ0v) is 21.1. The maximum Gasteiger partial charge on any atom is 0.329 e. The van der Waals surface area contributed by atoms with E-state index in [0.717, 1.165) is 5.56 Å². The third-order valence-electron chi connectivity index (χ3n) is 5.46. The fraction of sp³-hybridized carbons (Fsp3) is 0.0667. The molecular formula is C30H26N4O5. The summed E-state index contributed by atoms with van der Waals surface area (Å²) in [5.74, 6) is -1.37. The fourth-order valence-electron chi connectivity index (χ4n) is 3.52. The molecule has 39 heavy (non-hydrogen) atoms. The van der Waals surface area contributed by atoms with E-state index in [2.05, 4.69) is 21.2 Å². The lowest BCUT2D eigenvalue weighted by atomic mass is 10.1. The molecule has 0 atom stereocenters. The predicted octanol–water partition coefficient (Wildman–Crippen LogP) is 4.62. The highest BCUT2D eigenvalue weighted by Crippen LogP contribution is 2.28. The maximum absolute atomic E-state index is 12.7. The van der Waals surface area contributed by atoms with Crippen LogP contribution >= 0.6 is 0 Å². The van der Waals surface area contributed by atoms with Gasteiger partial charge in [-0.15, -0.1) is 0 Å². The summed E-state index contributed by atoms with van der Waals surface area (Å²) in [6.07, 6.45) is 1.37. The molecule has 0 bridgehead atoms. The first kappa shape index (κ1) is 26.6. The van der Waals surface area contributed by atoms with Gasteiger partial charge < -0.3 is 20.1 Å². The van der Waals surface area contributed by atoms with Crippen LogP contribution in [0.25, 0.3) is 0 Å². The Morgan fingerprint density at radius 2 is 1.46 bits per heavy atom. The maximum atomic E-state index is 12.7. The summed E-state index contributed by atoms with van der Waals surface area (Å²) in [5, 5.41) is 9.06. The van der Waals surface area contributed by atoms with E-state index in [-0.39, 0.29) is 11.3 Å². The van der Waals surface area contributed by atoms with Gasteiger partial charge in [-0.2, -0.15) is 5.10 Å². The van der Waals surface area contributed by atoms with Crippen molar-refractivity contribution >= 4 is 35.3 Å². The highest BCUT2D eigenvalue weighted by Gasteiger charge is 2.18. The van der Waals surface area contributed by atoms with Crippen molar-refractivity contribution in [1.82, 2.24) is 5.43 Å². The van der Waals surface area contributed by atoms with Crippen LogP contribution in [0.2, 0.25) is 0 Å². The summed E-state index contributed by atoms with van der Waals surface area (Å²) < 4.78 is 11.2. The summed E-state index contributed by atoms with van der Waals surface area (Å²) in [6, 6.07) is 30.2. The number of nitrogens with zero attached hydrogens (tertiary/aromatic N) is 1. The molecule has 0 heterocycles. The summed E-state index contributed by atoms with van der Waals surface area (Å²) >= 11 is 0. The number of nitrogens with one attached hydrogen (secondary N) is 3. The van der Waals surface area contributed by atoms with Gasteiger partial charge in [0.25, 0.3) is 5.91 Å². The molecule has 0 unspecified atom stereocenters. The molecule has 0 aliphatic heterocycles. The van der Waals surface area contributed by atoms with Crippen LogP contribution in [0.4, 0.5) is 11.4 Å². The van der Waals surface area contributed by atoms with Crippen LogP contribution < -0.4 is 25.5 Å². The standard InChI is InChI=1S/C30H26N4O5/c1-38-27-18-22(16-17-26(27)39-20-21-10-4-2-5-11-21)19-31-34-30(37)29(36)33-25-15-9-8-14-24(25)28(35)32-23-12-6-3-7-13-23/h2-19H,20H2,1H3,(H,32,35)(H,33,36)(H,34,37)/b31-19+. The van der Waals surface area contributed by atoms with E-state index in [0.29, 0.717) is 29.4 Å². The fourth-order valence-corrected chi connectivity index (χ4v) is 3.52. The average Bonchev–Trinajstić information content (AvgIpc) is 2.97. The molecule has 0 saturated heterocycles. The first-order valence-corrected chi connectivity index (χ1v) is 12.0. The van der Waals surface area contributed by atoms with Crippen molar-refractivity contribution < 1.29 is 23.9 Å². The monoisotopic (exact) mass is 522 g/mol. The van der Waals surface area contributed by atoms with E-state index in [1.165, 1.54) is 19.4 Å². The molecule has 3 N–H and O–H groups in total. The van der Waals surface area contributed by atoms with Crippen LogP contribution in [0.15, 0.2) is 108 Å². The number of methoxy groups -OCH3 is 1. The van der Waals surface area contributed by atoms with Crippen LogP contribution in [0.1, 0.15) is 21.5 Å². The van der Waals surface area contributed by atoms with Gasteiger partial charge >= 0.3 is 11.8 Å². The van der Waals surface area contributed by atoms with E-state index in [1.54, 1.807) is 60.7 Å². The first-order chi connectivity index (χ1) is 19.0. The van der Waals surface area contributed by atoms with Crippen molar-refractivity contribution in [1.29, 1.82) is 0 Å². The number of hydrazone groups is 1. The quantitative estimate of drug-likeness (QED) is 0.169.